The van der Waals surface area contributed by atoms with Crippen LogP contribution in [0.3, 0.4) is 0 Å². The van der Waals surface area contributed by atoms with Gasteiger partial charge in [0.2, 0.25) is 0 Å². The number of rotatable bonds is 5. The highest BCUT2D eigenvalue weighted by molar-refractivity contribution is 7.15. The van der Waals surface area contributed by atoms with E-state index < -0.39 is 0 Å². The van der Waals surface area contributed by atoms with Gasteiger partial charge in [0.25, 0.3) is 0 Å². The molecule has 4 nitrogen and oxygen atoms in total. The van der Waals surface area contributed by atoms with Crippen molar-refractivity contribution >= 4 is 16.5 Å². The molecule has 2 N–H and O–H groups in total. The number of anilines is 1. The molecule has 0 amide bonds. The third-order valence-electron chi connectivity index (χ3n) is 5.10. The van der Waals surface area contributed by atoms with E-state index in [0.717, 1.165) is 28.7 Å². The van der Waals surface area contributed by atoms with Crippen LogP contribution in [-0.4, -0.2) is 19.2 Å². The molecule has 130 valence electrons. The Morgan fingerprint density at radius 2 is 1.92 bits per heavy atom. The average Bonchev–Trinajstić information content (AvgIpc) is 3.02. The van der Waals surface area contributed by atoms with Crippen LogP contribution >= 0.6 is 11.3 Å². The zero-order chi connectivity index (χ0) is 17.1. The van der Waals surface area contributed by atoms with Crippen molar-refractivity contribution in [2.75, 3.05) is 20.0 Å². The highest BCUT2D eigenvalue weighted by Crippen LogP contribution is 2.45. The number of nitrogen functional groups attached to an aromatic ring is 1. The average molecular weight is 346 g/mol. The maximum absolute atomic E-state index is 6.07. The van der Waals surface area contributed by atoms with Gasteiger partial charge in [-0.05, 0) is 36.8 Å². The predicted molar refractivity (Wildman–Crippen MR) is 100 cm³/mol. The fourth-order valence-electron chi connectivity index (χ4n) is 3.69. The molecule has 0 radical (unpaired) electrons. The Morgan fingerprint density at radius 1 is 1.17 bits per heavy atom. The number of hydrogen-bond acceptors (Lipinski definition) is 5. The number of aromatic nitrogens is 1. The molecule has 24 heavy (non-hydrogen) atoms. The highest BCUT2D eigenvalue weighted by atomic mass is 32.1. The molecule has 3 rings (SSSR count). The lowest BCUT2D eigenvalue weighted by Crippen LogP contribution is -2.13. The third-order valence-corrected chi connectivity index (χ3v) is 6.19. The minimum atomic E-state index is 0.474. The number of ether oxygens (including phenoxy) is 2. The van der Waals surface area contributed by atoms with E-state index in [4.69, 9.17) is 15.2 Å². The van der Waals surface area contributed by atoms with Gasteiger partial charge in [-0.1, -0.05) is 26.2 Å². The summed E-state index contributed by atoms with van der Waals surface area (Å²) in [5.41, 5.74) is 8.03. The Bertz CT molecular complexity index is 693. The van der Waals surface area contributed by atoms with Crippen molar-refractivity contribution in [2.45, 2.75) is 44.9 Å². The lowest BCUT2D eigenvalue weighted by molar-refractivity contribution is 0.318. The maximum atomic E-state index is 6.07. The molecule has 0 aliphatic heterocycles. The topological polar surface area (TPSA) is 57.4 Å². The van der Waals surface area contributed by atoms with Crippen LogP contribution in [0.4, 0.5) is 5.13 Å². The summed E-state index contributed by atoms with van der Waals surface area (Å²) in [5.74, 6) is 2.75. The molecule has 1 unspecified atom stereocenters. The highest BCUT2D eigenvalue weighted by Gasteiger charge is 2.27. The first kappa shape index (κ1) is 17.1. The Kier molecular flexibility index (Phi) is 5.29. The fourth-order valence-corrected chi connectivity index (χ4v) is 4.69. The van der Waals surface area contributed by atoms with E-state index in [-0.39, 0.29) is 0 Å². The first-order valence-corrected chi connectivity index (χ1v) is 9.44. The molecule has 1 atom stereocenters. The van der Waals surface area contributed by atoms with E-state index in [2.05, 4.69) is 11.9 Å². The van der Waals surface area contributed by atoms with Crippen LogP contribution in [0.25, 0.3) is 11.3 Å². The van der Waals surface area contributed by atoms with Crippen molar-refractivity contribution in [1.29, 1.82) is 0 Å². The Labute approximate surface area is 148 Å². The molecule has 1 aromatic carbocycles. The molecule has 1 heterocycles. The van der Waals surface area contributed by atoms with Gasteiger partial charge < -0.3 is 15.2 Å². The largest absolute Gasteiger partial charge is 0.497 e. The van der Waals surface area contributed by atoms with Crippen molar-refractivity contribution < 1.29 is 9.47 Å². The summed E-state index contributed by atoms with van der Waals surface area (Å²) in [7, 11) is 3.34. The van der Waals surface area contributed by atoms with Gasteiger partial charge in [0.05, 0.1) is 19.9 Å². The van der Waals surface area contributed by atoms with Crippen LogP contribution in [0.15, 0.2) is 18.2 Å². The molecule has 1 aliphatic rings. The molecule has 2 aromatic rings. The summed E-state index contributed by atoms with van der Waals surface area (Å²) in [4.78, 5) is 5.92. The standard InChI is InChI=1S/C19H26N2O2S/c1-12(13-7-5-4-6-8-13)18-17(21-19(20)24-18)15-10-9-14(22-2)11-16(15)23-3/h9-13H,4-8H2,1-3H3,(H2,20,21). The molecular formula is C19H26N2O2S. The van der Waals surface area contributed by atoms with Crippen molar-refractivity contribution in [3.8, 4) is 22.8 Å². The van der Waals surface area contributed by atoms with Crippen LogP contribution in [0.1, 0.15) is 49.8 Å². The van der Waals surface area contributed by atoms with Gasteiger partial charge in [0.15, 0.2) is 5.13 Å². The Hall–Kier alpha value is -1.75. The van der Waals surface area contributed by atoms with Gasteiger partial charge in [-0.25, -0.2) is 4.98 Å². The zero-order valence-electron chi connectivity index (χ0n) is 14.7. The van der Waals surface area contributed by atoms with Gasteiger partial charge in [-0.15, -0.1) is 11.3 Å². The second-order valence-corrected chi connectivity index (χ2v) is 7.58. The van der Waals surface area contributed by atoms with Gasteiger partial charge >= 0.3 is 0 Å². The summed E-state index contributed by atoms with van der Waals surface area (Å²) >= 11 is 1.62. The second-order valence-electron chi connectivity index (χ2n) is 6.52. The van der Waals surface area contributed by atoms with Crippen LogP contribution in [-0.2, 0) is 0 Å². The van der Waals surface area contributed by atoms with Crippen molar-refractivity contribution in [2.24, 2.45) is 5.92 Å². The lowest BCUT2D eigenvalue weighted by atomic mass is 9.79. The zero-order valence-corrected chi connectivity index (χ0v) is 15.5. The van der Waals surface area contributed by atoms with Gasteiger partial charge in [-0.3, -0.25) is 0 Å². The second kappa shape index (κ2) is 7.43. The monoisotopic (exact) mass is 346 g/mol. The van der Waals surface area contributed by atoms with E-state index in [0.29, 0.717) is 11.0 Å². The number of hydrogen-bond donors (Lipinski definition) is 1. The normalized spacial score (nSPS) is 16.8. The molecule has 0 spiro atoms. The van der Waals surface area contributed by atoms with E-state index >= 15 is 0 Å². The van der Waals surface area contributed by atoms with Crippen LogP contribution in [0, 0.1) is 5.92 Å². The summed E-state index contributed by atoms with van der Waals surface area (Å²) < 4.78 is 10.9. The summed E-state index contributed by atoms with van der Waals surface area (Å²) in [6, 6.07) is 5.87. The summed E-state index contributed by atoms with van der Waals surface area (Å²) in [6.07, 6.45) is 6.65. The first-order chi connectivity index (χ1) is 11.6. The van der Waals surface area contributed by atoms with Gasteiger partial charge in [0.1, 0.15) is 11.5 Å². The molecule has 1 fully saturated rings. The van der Waals surface area contributed by atoms with Gasteiger partial charge in [-0.2, -0.15) is 0 Å². The number of thiazole rings is 1. The number of nitrogens with zero attached hydrogens (tertiary/aromatic N) is 1. The number of benzene rings is 1. The molecule has 5 heteroatoms. The molecule has 0 saturated heterocycles. The third kappa shape index (κ3) is 3.36. The van der Waals surface area contributed by atoms with E-state index in [1.54, 1.807) is 25.6 Å². The van der Waals surface area contributed by atoms with E-state index in [1.807, 2.05) is 18.2 Å². The quantitative estimate of drug-likeness (QED) is 0.819. The smallest absolute Gasteiger partial charge is 0.180 e. The summed E-state index contributed by atoms with van der Waals surface area (Å²) in [6.45, 7) is 2.32. The SMILES string of the molecule is COc1ccc(-c2nc(N)sc2C(C)C2CCCCC2)c(OC)c1. The first-order valence-electron chi connectivity index (χ1n) is 8.62. The maximum Gasteiger partial charge on any atom is 0.180 e. The molecular weight excluding hydrogens is 320 g/mol. The van der Waals surface area contributed by atoms with Crippen LogP contribution < -0.4 is 15.2 Å². The molecule has 1 aromatic heterocycles. The van der Waals surface area contributed by atoms with Gasteiger partial charge in [0, 0.05) is 16.5 Å². The van der Waals surface area contributed by atoms with Crippen LogP contribution in [0.2, 0.25) is 0 Å². The van der Waals surface area contributed by atoms with E-state index in [1.165, 1.54) is 37.0 Å². The molecule has 1 aliphatic carbocycles. The fraction of sp³-hybridized carbons (Fsp3) is 0.526. The minimum Gasteiger partial charge on any atom is -0.497 e. The van der Waals surface area contributed by atoms with Crippen molar-refractivity contribution in [1.82, 2.24) is 4.98 Å². The lowest BCUT2D eigenvalue weighted by Gasteiger charge is -2.27. The molecule has 0 bridgehead atoms. The van der Waals surface area contributed by atoms with E-state index in [9.17, 15) is 0 Å². The summed E-state index contributed by atoms with van der Waals surface area (Å²) in [5, 5.41) is 0.625. The Morgan fingerprint density at radius 3 is 2.58 bits per heavy atom. The van der Waals surface area contributed by atoms with Crippen molar-refractivity contribution in [3.63, 3.8) is 0 Å². The minimum absolute atomic E-state index is 0.474. The van der Waals surface area contributed by atoms with Crippen LogP contribution in [0.5, 0.6) is 11.5 Å². The number of nitrogens with two attached hydrogens (primary N) is 1. The Balaban J connectivity index is 2.00. The predicted octanol–water partition coefficient (Wildman–Crippen LogP) is 5.09. The molecule has 1 saturated carbocycles. The number of methoxy groups -OCH3 is 2. The van der Waals surface area contributed by atoms with Crippen molar-refractivity contribution in [3.05, 3.63) is 23.1 Å².